The Hall–Kier alpha value is -6.45. The van der Waals surface area contributed by atoms with Gasteiger partial charge in [0.15, 0.2) is 0 Å². The molecule has 3 heteroatoms. The lowest BCUT2D eigenvalue weighted by Crippen LogP contribution is -1.97. The fraction of sp³-hybridized carbons (Fsp3) is 0. The second kappa shape index (κ2) is 10.5. The lowest BCUT2D eigenvalue weighted by Gasteiger charge is -2.12. The van der Waals surface area contributed by atoms with Gasteiger partial charge in [0.2, 0.25) is 0 Å². The van der Waals surface area contributed by atoms with Crippen molar-refractivity contribution in [2.75, 3.05) is 0 Å². The van der Waals surface area contributed by atoms with E-state index in [1.165, 1.54) is 55.0 Å². The van der Waals surface area contributed by atoms with Gasteiger partial charge >= 0.3 is 0 Å². The molecule has 0 spiro atoms. The Labute approximate surface area is 277 Å². The Morgan fingerprint density at radius 2 is 1.00 bits per heavy atom. The molecule has 0 amide bonds. The molecule has 0 N–H and O–H groups in total. The van der Waals surface area contributed by atoms with Crippen molar-refractivity contribution in [1.29, 1.82) is 0 Å². The second-order valence-corrected chi connectivity index (χ2v) is 12.4. The largest absolute Gasteiger partial charge is 0.309 e. The molecule has 2 heterocycles. The van der Waals surface area contributed by atoms with Crippen LogP contribution >= 0.6 is 0 Å². The number of imidazole rings is 1. The van der Waals surface area contributed by atoms with E-state index in [4.69, 9.17) is 4.98 Å². The second-order valence-electron chi connectivity index (χ2n) is 12.4. The Morgan fingerprint density at radius 3 is 1.75 bits per heavy atom. The summed E-state index contributed by atoms with van der Waals surface area (Å²) in [6, 6.07) is 63.0. The molecule has 0 aliphatic rings. The number of hydrogen-bond donors (Lipinski definition) is 0. The van der Waals surface area contributed by atoms with Gasteiger partial charge < -0.3 is 4.57 Å². The fourth-order valence-electron chi connectivity index (χ4n) is 7.52. The first-order chi connectivity index (χ1) is 23.8. The van der Waals surface area contributed by atoms with Gasteiger partial charge in [0, 0.05) is 27.7 Å². The molecule has 0 unspecified atom stereocenters. The van der Waals surface area contributed by atoms with Gasteiger partial charge in [-0.15, -0.1) is 0 Å². The minimum absolute atomic E-state index is 0.931. The average molecular weight is 612 g/mol. The van der Waals surface area contributed by atoms with Crippen molar-refractivity contribution in [3.63, 3.8) is 0 Å². The molecular formula is C45H29N3. The van der Waals surface area contributed by atoms with E-state index in [1.807, 2.05) is 0 Å². The third-order valence-electron chi connectivity index (χ3n) is 9.70. The van der Waals surface area contributed by atoms with Crippen LogP contribution in [0, 0.1) is 0 Å². The molecule has 0 radical (unpaired) electrons. The highest BCUT2D eigenvalue weighted by atomic mass is 15.1. The highest BCUT2D eigenvalue weighted by Crippen LogP contribution is 2.43. The first-order valence-electron chi connectivity index (χ1n) is 16.4. The Bertz CT molecular complexity index is 2740. The van der Waals surface area contributed by atoms with Gasteiger partial charge in [-0.2, -0.15) is 0 Å². The number of aromatic nitrogens is 3. The summed E-state index contributed by atoms with van der Waals surface area (Å²) in [7, 11) is 0. The number of rotatable bonds is 5. The third kappa shape index (κ3) is 4.04. The average Bonchev–Trinajstić information content (AvgIpc) is 3.72. The van der Waals surface area contributed by atoms with E-state index < -0.39 is 0 Å². The summed E-state index contributed by atoms with van der Waals surface area (Å²) in [6.45, 7) is 0. The molecule has 0 saturated heterocycles. The molecule has 224 valence electrons. The maximum Gasteiger partial charge on any atom is 0.145 e. The van der Waals surface area contributed by atoms with E-state index >= 15 is 0 Å². The van der Waals surface area contributed by atoms with Crippen LogP contribution in [0.1, 0.15) is 0 Å². The van der Waals surface area contributed by atoms with Crippen LogP contribution in [0.2, 0.25) is 0 Å². The molecule has 10 rings (SSSR count). The number of fused-ring (bicyclic) bond motifs is 1. The molecule has 2 aromatic heterocycles. The molecule has 0 aliphatic carbocycles. The highest BCUT2D eigenvalue weighted by molar-refractivity contribution is 6.26. The van der Waals surface area contributed by atoms with Gasteiger partial charge in [0.1, 0.15) is 5.82 Å². The van der Waals surface area contributed by atoms with Crippen LogP contribution in [0.5, 0.6) is 0 Å². The summed E-state index contributed by atoms with van der Waals surface area (Å²) < 4.78 is 4.67. The normalized spacial score (nSPS) is 11.8. The van der Waals surface area contributed by atoms with Gasteiger partial charge in [0.25, 0.3) is 0 Å². The summed E-state index contributed by atoms with van der Waals surface area (Å²) in [6.07, 6.45) is 0. The van der Waals surface area contributed by atoms with Crippen molar-refractivity contribution >= 4 is 43.6 Å². The third-order valence-corrected chi connectivity index (χ3v) is 9.70. The summed E-state index contributed by atoms with van der Waals surface area (Å²) in [5.41, 5.74) is 12.7. The minimum atomic E-state index is 0.931. The molecule has 0 aliphatic heterocycles. The lowest BCUT2D eigenvalue weighted by molar-refractivity contribution is 1.10. The fourth-order valence-corrected chi connectivity index (χ4v) is 7.52. The van der Waals surface area contributed by atoms with Crippen LogP contribution in [0.4, 0.5) is 0 Å². The molecule has 8 aromatic carbocycles. The zero-order valence-corrected chi connectivity index (χ0v) is 26.1. The van der Waals surface area contributed by atoms with Crippen LogP contribution in [0.25, 0.3) is 88.6 Å². The van der Waals surface area contributed by atoms with Gasteiger partial charge in [-0.25, -0.2) is 4.98 Å². The summed E-state index contributed by atoms with van der Waals surface area (Å²) in [5.74, 6) is 0.931. The zero-order valence-electron chi connectivity index (χ0n) is 26.1. The smallest absolute Gasteiger partial charge is 0.145 e. The van der Waals surface area contributed by atoms with Gasteiger partial charge in [-0.05, 0) is 81.6 Å². The number of hydrogen-bond acceptors (Lipinski definition) is 1. The van der Waals surface area contributed by atoms with E-state index in [0.29, 0.717) is 0 Å². The van der Waals surface area contributed by atoms with Crippen molar-refractivity contribution in [2.24, 2.45) is 0 Å². The predicted octanol–water partition coefficient (Wildman–Crippen LogP) is 11.7. The number of para-hydroxylation sites is 2. The summed E-state index contributed by atoms with van der Waals surface area (Å²) in [4.78, 5) is 5.25. The van der Waals surface area contributed by atoms with Gasteiger partial charge in [0.05, 0.1) is 22.1 Å². The van der Waals surface area contributed by atoms with Crippen LogP contribution < -0.4 is 0 Å². The van der Waals surface area contributed by atoms with Crippen molar-refractivity contribution in [2.45, 2.75) is 0 Å². The molecule has 10 aromatic rings. The molecule has 0 fully saturated rings. The Kier molecular flexibility index (Phi) is 5.87. The van der Waals surface area contributed by atoms with Crippen LogP contribution in [-0.2, 0) is 0 Å². The van der Waals surface area contributed by atoms with Crippen LogP contribution in [0.15, 0.2) is 176 Å². The Morgan fingerprint density at radius 1 is 0.375 bits per heavy atom. The lowest BCUT2D eigenvalue weighted by atomic mass is 9.94. The van der Waals surface area contributed by atoms with Crippen LogP contribution in [0.3, 0.4) is 0 Å². The minimum Gasteiger partial charge on any atom is -0.309 e. The first-order valence-corrected chi connectivity index (χ1v) is 16.4. The summed E-state index contributed by atoms with van der Waals surface area (Å²) >= 11 is 0. The zero-order chi connectivity index (χ0) is 31.6. The predicted molar refractivity (Wildman–Crippen MR) is 200 cm³/mol. The Balaban J connectivity index is 1.12. The van der Waals surface area contributed by atoms with E-state index in [9.17, 15) is 0 Å². The first kappa shape index (κ1) is 26.7. The van der Waals surface area contributed by atoms with Crippen LogP contribution in [-0.4, -0.2) is 14.1 Å². The number of nitrogens with zero attached hydrogens (tertiary/aromatic N) is 3. The van der Waals surface area contributed by atoms with Gasteiger partial charge in [-0.1, -0.05) is 127 Å². The maximum absolute atomic E-state index is 5.25. The summed E-state index contributed by atoms with van der Waals surface area (Å²) in [5, 5.41) is 5.17. The standard InChI is InChI=1S/C45H29N3/c1-4-11-30(12-5-1)34-24-27-40-39(29-34)46-45(48(40)36-16-8-3-9-17-36)33-21-19-31(20-22-33)37-26-28-42-44-38(37)25-23-32-13-10-18-41(43(32)44)47(42)35-14-6-2-7-15-35/h1-29H. The van der Waals surface area contributed by atoms with E-state index in [2.05, 4.69) is 185 Å². The molecular weight excluding hydrogens is 583 g/mol. The molecule has 3 nitrogen and oxygen atoms in total. The van der Waals surface area contributed by atoms with E-state index in [0.717, 1.165) is 33.7 Å². The van der Waals surface area contributed by atoms with Crippen molar-refractivity contribution in [3.05, 3.63) is 176 Å². The van der Waals surface area contributed by atoms with Gasteiger partial charge in [-0.3, -0.25) is 4.57 Å². The SMILES string of the molecule is c1ccc(-c2ccc3c(c2)nc(-c2ccc(-c4ccc5c6c4ccc4cccc(c46)n5-c4ccccc4)cc2)n3-c2ccccc2)cc1. The maximum atomic E-state index is 5.25. The topological polar surface area (TPSA) is 22.8 Å². The molecule has 0 atom stereocenters. The van der Waals surface area contributed by atoms with E-state index in [-0.39, 0.29) is 0 Å². The molecule has 0 bridgehead atoms. The molecule has 0 saturated carbocycles. The highest BCUT2D eigenvalue weighted by Gasteiger charge is 2.20. The monoisotopic (exact) mass is 611 g/mol. The van der Waals surface area contributed by atoms with E-state index in [1.54, 1.807) is 0 Å². The molecule has 48 heavy (non-hydrogen) atoms. The number of benzene rings is 8. The van der Waals surface area contributed by atoms with Crippen molar-refractivity contribution < 1.29 is 0 Å². The van der Waals surface area contributed by atoms with Crippen molar-refractivity contribution in [1.82, 2.24) is 14.1 Å². The quantitative estimate of drug-likeness (QED) is 0.178. The van der Waals surface area contributed by atoms with Crippen molar-refractivity contribution in [3.8, 4) is 45.0 Å².